The molecular weight excluding hydrogens is 570 g/mol. The highest BCUT2D eigenvalue weighted by molar-refractivity contribution is 8.00. The molecule has 0 aromatic heterocycles. The van der Waals surface area contributed by atoms with E-state index >= 15 is 0 Å². The van der Waals surface area contributed by atoms with Gasteiger partial charge in [0.25, 0.3) is 11.8 Å². The van der Waals surface area contributed by atoms with E-state index in [9.17, 15) is 14.4 Å². The van der Waals surface area contributed by atoms with E-state index in [-0.39, 0.29) is 16.9 Å². The zero-order valence-electron chi connectivity index (χ0n) is 23.1. The summed E-state index contributed by atoms with van der Waals surface area (Å²) in [5, 5.41) is 8.73. The number of thioether (sulfide) groups is 1. The molecule has 4 aromatic carbocycles. The monoisotopic (exact) mass is 599 g/mol. The van der Waals surface area contributed by atoms with Crippen LogP contribution in [0.25, 0.3) is 6.08 Å². The summed E-state index contributed by atoms with van der Waals surface area (Å²) in [7, 11) is 1.57. The number of anilines is 2. The van der Waals surface area contributed by atoms with Crippen molar-refractivity contribution >= 4 is 58.5 Å². The zero-order valence-corrected chi connectivity index (χ0v) is 24.7. The van der Waals surface area contributed by atoms with E-state index in [1.807, 2.05) is 31.2 Å². The lowest BCUT2D eigenvalue weighted by Crippen LogP contribution is -2.30. The number of methoxy groups -OCH3 is 1. The van der Waals surface area contributed by atoms with Crippen LogP contribution < -0.4 is 20.7 Å². The van der Waals surface area contributed by atoms with Crippen molar-refractivity contribution in [2.24, 2.45) is 0 Å². The molecule has 0 bridgehead atoms. The minimum atomic E-state index is -0.501. The van der Waals surface area contributed by atoms with Crippen LogP contribution in [0.15, 0.2) is 114 Å². The van der Waals surface area contributed by atoms with E-state index in [0.717, 1.165) is 4.90 Å². The van der Waals surface area contributed by atoms with E-state index in [2.05, 4.69) is 16.0 Å². The second-order valence-electron chi connectivity index (χ2n) is 9.15. The van der Waals surface area contributed by atoms with Gasteiger partial charge in [-0.1, -0.05) is 61.0 Å². The lowest BCUT2D eigenvalue weighted by molar-refractivity contribution is -0.116. The molecule has 7 nitrogen and oxygen atoms in total. The molecule has 3 amide bonds. The first kappa shape index (κ1) is 30.4. The molecule has 1 unspecified atom stereocenters. The van der Waals surface area contributed by atoms with Gasteiger partial charge in [-0.05, 0) is 72.7 Å². The molecule has 0 fully saturated rings. The Morgan fingerprint density at radius 2 is 1.55 bits per heavy atom. The normalized spacial score (nSPS) is 11.7. The second kappa shape index (κ2) is 14.9. The molecule has 0 aliphatic rings. The minimum absolute atomic E-state index is 0.0633. The van der Waals surface area contributed by atoms with Crippen LogP contribution in [0, 0.1) is 0 Å². The van der Waals surface area contributed by atoms with Crippen LogP contribution in [0.4, 0.5) is 11.4 Å². The molecule has 0 heterocycles. The molecule has 3 N–H and O–H groups in total. The predicted molar refractivity (Wildman–Crippen MR) is 170 cm³/mol. The number of hydrogen-bond acceptors (Lipinski definition) is 5. The van der Waals surface area contributed by atoms with Gasteiger partial charge in [0.05, 0.1) is 12.4 Å². The fourth-order valence-electron chi connectivity index (χ4n) is 3.92. The van der Waals surface area contributed by atoms with Crippen molar-refractivity contribution in [3.8, 4) is 5.75 Å². The second-order valence-corrected chi connectivity index (χ2v) is 10.9. The number of amides is 3. The highest BCUT2D eigenvalue weighted by Crippen LogP contribution is 2.29. The maximum Gasteiger partial charge on any atom is 0.272 e. The van der Waals surface area contributed by atoms with Crippen LogP contribution in [-0.2, 0) is 9.59 Å². The first-order valence-electron chi connectivity index (χ1n) is 13.2. The predicted octanol–water partition coefficient (Wildman–Crippen LogP) is 7.27. The van der Waals surface area contributed by atoms with Crippen molar-refractivity contribution in [2.45, 2.75) is 23.5 Å². The maximum absolute atomic E-state index is 13.4. The van der Waals surface area contributed by atoms with Crippen LogP contribution >= 0.6 is 23.4 Å². The van der Waals surface area contributed by atoms with E-state index in [1.165, 1.54) is 11.8 Å². The molecule has 4 aromatic rings. The molecule has 0 spiro atoms. The van der Waals surface area contributed by atoms with Crippen molar-refractivity contribution in [2.75, 3.05) is 17.7 Å². The summed E-state index contributed by atoms with van der Waals surface area (Å²) in [6.07, 6.45) is 2.18. The third-order valence-corrected chi connectivity index (χ3v) is 7.69. The summed E-state index contributed by atoms with van der Waals surface area (Å²) in [5.41, 5.74) is 2.34. The number of benzene rings is 4. The Labute approximate surface area is 254 Å². The molecule has 0 aliphatic heterocycles. The average molecular weight is 600 g/mol. The number of hydrogen-bond donors (Lipinski definition) is 3. The standard InChI is InChI=1S/C33H30ClN3O4S/c1-3-30(33(40)36-25-11-7-13-27(20-25)41-2)42-28-14-8-12-26(21-28)35-32(39)29(19-22-15-17-24(34)18-16-22)37-31(38)23-9-5-4-6-10-23/h4-21,30H,3H2,1-2H3,(H,35,39)(H,36,40)(H,37,38)/b29-19-. The molecule has 0 saturated heterocycles. The van der Waals surface area contributed by atoms with Gasteiger partial charge in [-0.15, -0.1) is 11.8 Å². The molecule has 4 rings (SSSR count). The number of carbonyl (C=O) groups excluding carboxylic acids is 3. The Morgan fingerprint density at radius 1 is 0.857 bits per heavy atom. The summed E-state index contributed by atoms with van der Waals surface area (Å²) in [6.45, 7) is 1.94. The highest BCUT2D eigenvalue weighted by atomic mass is 35.5. The van der Waals surface area contributed by atoms with Gasteiger partial charge in [-0.3, -0.25) is 14.4 Å². The number of nitrogens with one attached hydrogen (secondary N) is 3. The van der Waals surface area contributed by atoms with Crippen LogP contribution in [-0.4, -0.2) is 30.1 Å². The van der Waals surface area contributed by atoms with Crippen LogP contribution in [0.5, 0.6) is 5.75 Å². The molecule has 1 atom stereocenters. The van der Waals surface area contributed by atoms with E-state index < -0.39 is 11.8 Å². The highest BCUT2D eigenvalue weighted by Gasteiger charge is 2.19. The van der Waals surface area contributed by atoms with Gasteiger partial charge >= 0.3 is 0 Å². The van der Waals surface area contributed by atoms with Crippen LogP contribution in [0.2, 0.25) is 5.02 Å². The van der Waals surface area contributed by atoms with Crippen LogP contribution in [0.1, 0.15) is 29.3 Å². The third kappa shape index (κ3) is 8.73. The topological polar surface area (TPSA) is 96.5 Å². The average Bonchev–Trinajstić information content (AvgIpc) is 3.01. The first-order valence-corrected chi connectivity index (χ1v) is 14.5. The van der Waals surface area contributed by atoms with Crippen LogP contribution in [0.3, 0.4) is 0 Å². The lowest BCUT2D eigenvalue weighted by atomic mass is 10.1. The summed E-state index contributed by atoms with van der Waals surface area (Å²) in [5.74, 6) is -0.398. The molecule has 9 heteroatoms. The van der Waals surface area contributed by atoms with Gasteiger partial charge in [-0.2, -0.15) is 0 Å². The van der Waals surface area contributed by atoms with Gasteiger partial charge in [0.2, 0.25) is 5.91 Å². The summed E-state index contributed by atoms with van der Waals surface area (Å²) >= 11 is 7.41. The molecule has 0 saturated carbocycles. The Balaban J connectivity index is 1.49. The number of halogens is 1. The molecular formula is C33H30ClN3O4S. The summed E-state index contributed by atoms with van der Waals surface area (Å²) < 4.78 is 5.24. The Morgan fingerprint density at radius 3 is 2.24 bits per heavy atom. The van der Waals surface area contributed by atoms with E-state index in [0.29, 0.717) is 39.7 Å². The molecule has 0 aliphatic carbocycles. The minimum Gasteiger partial charge on any atom is -0.497 e. The van der Waals surface area contributed by atoms with Crippen molar-refractivity contribution in [3.63, 3.8) is 0 Å². The number of carbonyl (C=O) groups is 3. The maximum atomic E-state index is 13.4. The van der Waals surface area contributed by atoms with Crippen molar-refractivity contribution < 1.29 is 19.1 Å². The quantitative estimate of drug-likeness (QED) is 0.124. The largest absolute Gasteiger partial charge is 0.497 e. The third-order valence-electron chi connectivity index (χ3n) is 6.08. The number of rotatable bonds is 11. The van der Waals surface area contributed by atoms with Crippen molar-refractivity contribution in [1.29, 1.82) is 0 Å². The molecule has 214 valence electrons. The Bertz CT molecular complexity index is 1580. The smallest absolute Gasteiger partial charge is 0.272 e. The lowest BCUT2D eigenvalue weighted by Gasteiger charge is -2.16. The van der Waals surface area contributed by atoms with Gasteiger partial charge in [0, 0.05) is 32.9 Å². The Kier molecular flexibility index (Phi) is 10.8. The zero-order chi connectivity index (χ0) is 29.9. The SMILES string of the molecule is CCC(Sc1cccc(NC(=O)/C(=C/c2ccc(Cl)cc2)NC(=O)c2ccccc2)c1)C(=O)Nc1cccc(OC)c1. The van der Waals surface area contributed by atoms with Gasteiger partial charge in [0.1, 0.15) is 11.4 Å². The van der Waals surface area contributed by atoms with Gasteiger partial charge < -0.3 is 20.7 Å². The van der Waals surface area contributed by atoms with Gasteiger partial charge in [-0.25, -0.2) is 0 Å². The summed E-state index contributed by atoms with van der Waals surface area (Å²) in [6, 6.07) is 30.0. The van der Waals surface area contributed by atoms with E-state index in [1.54, 1.807) is 92.0 Å². The van der Waals surface area contributed by atoms with E-state index in [4.69, 9.17) is 16.3 Å². The van der Waals surface area contributed by atoms with Gasteiger partial charge in [0.15, 0.2) is 0 Å². The fraction of sp³-hybridized carbons (Fsp3) is 0.121. The fourth-order valence-corrected chi connectivity index (χ4v) is 5.06. The van der Waals surface area contributed by atoms with Crippen molar-refractivity contribution in [3.05, 3.63) is 125 Å². The number of ether oxygens (including phenoxy) is 1. The molecule has 0 radical (unpaired) electrons. The first-order chi connectivity index (χ1) is 20.3. The summed E-state index contributed by atoms with van der Waals surface area (Å²) in [4.78, 5) is 40.1. The Hall–Kier alpha value is -4.53. The molecule has 42 heavy (non-hydrogen) atoms. The van der Waals surface area contributed by atoms with Crippen molar-refractivity contribution in [1.82, 2.24) is 5.32 Å².